The molecule has 0 saturated carbocycles. The van der Waals surface area contributed by atoms with Crippen molar-refractivity contribution < 1.29 is 9.53 Å². The van der Waals surface area contributed by atoms with Gasteiger partial charge < -0.3 is 15.8 Å². The van der Waals surface area contributed by atoms with Crippen molar-refractivity contribution in [2.75, 3.05) is 17.7 Å². The predicted octanol–water partition coefficient (Wildman–Crippen LogP) is 3.20. The zero-order chi connectivity index (χ0) is 14.5. The van der Waals surface area contributed by atoms with E-state index in [1.54, 1.807) is 12.1 Å². The summed E-state index contributed by atoms with van der Waals surface area (Å²) in [7, 11) is 0. The molecule has 0 unspecified atom stereocenters. The second-order valence-corrected chi connectivity index (χ2v) is 5.61. The van der Waals surface area contributed by atoms with Gasteiger partial charge in [0.25, 0.3) is 5.91 Å². The van der Waals surface area contributed by atoms with Crippen LogP contribution >= 0.6 is 22.6 Å². The Balaban J connectivity index is 1.90. The number of hydrogen-bond acceptors (Lipinski definition) is 3. The van der Waals surface area contributed by atoms with Crippen LogP contribution in [0, 0.1) is 10.5 Å². The summed E-state index contributed by atoms with van der Waals surface area (Å²) in [5.74, 6) is 0.478. The Morgan fingerprint density at radius 3 is 2.60 bits per heavy atom. The van der Waals surface area contributed by atoms with Crippen molar-refractivity contribution in [3.05, 3.63) is 51.6 Å². The molecule has 0 radical (unpaired) electrons. The molecular formula is C15H15IN2O2. The fourth-order valence-corrected chi connectivity index (χ4v) is 2.05. The normalized spacial score (nSPS) is 10.1. The molecule has 0 aliphatic rings. The van der Waals surface area contributed by atoms with Gasteiger partial charge in [0.1, 0.15) is 5.75 Å². The second-order valence-electron chi connectivity index (χ2n) is 4.37. The van der Waals surface area contributed by atoms with E-state index in [0.29, 0.717) is 11.4 Å². The van der Waals surface area contributed by atoms with Gasteiger partial charge in [-0.05, 0) is 77.5 Å². The maximum absolute atomic E-state index is 11.8. The molecule has 0 bridgehead atoms. The minimum Gasteiger partial charge on any atom is -0.484 e. The average molecular weight is 382 g/mol. The molecule has 0 aliphatic carbocycles. The number of carbonyl (C=O) groups is 1. The van der Waals surface area contributed by atoms with Crippen LogP contribution in [-0.4, -0.2) is 12.5 Å². The molecule has 1 amide bonds. The Kier molecular flexibility index (Phi) is 4.84. The van der Waals surface area contributed by atoms with Gasteiger partial charge in [-0.1, -0.05) is 0 Å². The maximum atomic E-state index is 11.8. The topological polar surface area (TPSA) is 64.3 Å². The summed E-state index contributed by atoms with van der Waals surface area (Å²) in [6.07, 6.45) is 0. The fourth-order valence-electron chi connectivity index (χ4n) is 1.69. The number of hydrogen-bond donors (Lipinski definition) is 2. The van der Waals surface area contributed by atoms with Crippen molar-refractivity contribution in [1.82, 2.24) is 0 Å². The molecule has 2 rings (SSSR count). The van der Waals surface area contributed by atoms with E-state index in [1.807, 2.05) is 37.3 Å². The molecule has 0 spiro atoms. The number of nitrogen functional groups attached to an aromatic ring is 1. The van der Waals surface area contributed by atoms with E-state index in [-0.39, 0.29) is 12.5 Å². The minimum absolute atomic E-state index is 0.0234. The van der Waals surface area contributed by atoms with E-state index in [4.69, 9.17) is 10.5 Å². The van der Waals surface area contributed by atoms with E-state index in [1.165, 1.54) is 0 Å². The molecule has 0 aliphatic heterocycles. The van der Waals surface area contributed by atoms with E-state index in [2.05, 4.69) is 27.9 Å². The SMILES string of the molecule is Cc1cc(N)ccc1NC(=O)COc1ccc(I)cc1. The number of halogens is 1. The summed E-state index contributed by atoms with van der Waals surface area (Å²) in [5.41, 5.74) is 8.01. The zero-order valence-electron chi connectivity index (χ0n) is 11.0. The lowest BCUT2D eigenvalue weighted by molar-refractivity contribution is -0.118. The molecule has 2 aromatic rings. The van der Waals surface area contributed by atoms with Gasteiger partial charge in [-0.25, -0.2) is 0 Å². The molecular weight excluding hydrogens is 367 g/mol. The standard InChI is InChI=1S/C15H15IN2O2/c1-10-8-12(17)4-7-14(10)18-15(19)9-20-13-5-2-11(16)3-6-13/h2-8H,9,17H2,1H3,(H,18,19). The third kappa shape index (κ3) is 4.12. The van der Waals surface area contributed by atoms with Gasteiger partial charge in [0, 0.05) is 14.9 Å². The van der Waals surface area contributed by atoms with Gasteiger partial charge >= 0.3 is 0 Å². The second kappa shape index (κ2) is 6.60. The van der Waals surface area contributed by atoms with Crippen LogP contribution in [0.1, 0.15) is 5.56 Å². The molecule has 2 aromatic carbocycles. The van der Waals surface area contributed by atoms with Crippen LogP contribution < -0.4 is 15.8 Å². The molecule has 0 heterocycles. The number of amides is 1. The third-order valence-corrected chi connectivity index (χ3v) is 3.43. The summed E-state index contributed by atoms with van der Waals surface area (Å²) < 4.78 is 6.54. The molecule has 3 N–H and O–H groups in total. The molecule has 20 heavy (non-hydrogen) atoms. The highest BCUT2D eigenvalue weighted by Crippen LogP contribution is 2.18. The van der Waals surface area contributed by atoms with Crippen LogP contribution in [0.3, 0.4) is 0 Å². The van der Waals surface area contributed by atoms with Crippen LogP contribution in [0.5, 0.6) is 5.75 Å². The summed E-state index contributed by atoms with van der Waals surface area (Å²) >= 11 is 2.21. The number of carbonyl (C=O) groups excluding carboxylic acids is 1. The minimum atomic E-state index is -0.198. The van der Waals surface area contributed by atoms with Gasteiger partial charge in [-0.15, -0.1) is 0 Å². The number of rotatable bonds is 4. The highest BCUT2D eigenvalue weighted by atomic mass is 127. The van der Waals surface area contributed by atoms with Gasteiger partial charge in [0.15, 0.2) is 6.61 Å². The Morgan fingerprint density at radius 1 is 1.25 bits per heavy atom. The van der Waals surface area contributed by atoms with Crippen molar-refractivity contribution in [1.29, 1.82) is 0 Å². The summed E-state index contributed by atoms with van der Waals surface area (Å²) in [6.45, 7) is 1.87. The number of anilines is 2. The Morgan fingerprint density at radius 2 is 1.95 bits per heavy atom. The van der Waals surface area contributed by atoms with E-state index < -0.39 is 0 Å². The van der Waals surface area contributed by atoms with Crippen LogP contribution in [0.4, 0.5) is 11.4 Å². The maximum Gasteiger partial charge on any atom is 0.262 e. The first kappa shape index (κ1) is 14.6. The highest BCUT2D eigenvalue weighted by molar-refractivity contribution is 14.1. The van der Waals surface area contributed by atoms with Crippen molar-refractivity contribution in [2.24, 2.45) is 0 Å². The summed E-state index contributed by atoms with van der Waals surface area (Å²) in [6, 6.07) is 12.9. The summed E-state index contributed by atoms with van der Waals surface area (Å²) in [5, 5.41) is 2.80. The molecule has 5 heteroatoms. The van der Waals surface area contributed by atoms with Crippen LogP contribution in [0.15, 0.2) is 42.5 Å². The quantitative estimate of drug-likeness (QED) is 0.631. The Hall–Kier alpha value is -1.76. The van der Waals surface area contributed by atoms with E-state index in [9.17, 15) is 4.79 Å². The van der Waals surface area contributed by atoms with Crippen LogP contribution in [0.25, 0.3) is 0 Å². The largest absolute Gasteiger partial charge is 0.484 e. The monoisotopic (exact) mass is 382 g/mol. The summed E-state index contributed by atoms with van der Waals surface area (Å²) in [4.78, 5) is 11.8. The number of aryl methyl sites for hydroxylation is 1. The Bertz CT molecular complexity index is 612. The van der Waals surface area contributed by atoms with Crippen molar-refractivity contribution in [3.8, 4) is 5.75 Å². The smallest absolute Gasteiger partial charge is 0.262 e. The first-order valence-corrected chi connectivity index (χ1v) is 7.17. The fraction of sp³-hybridized carbons (Fsp3) is 0.133. The van der Waals surface area contributed by atoms with Crippen LogP contribution in [-0.2, 0) is 4.79 Å². The molecule has 0 atom stereocenters. The zero-order valence-corrected chi connectivity index (χ0v) is 13.2. The van der Waals surface area contributed by atoms with Crippen molar-refractivity contribution in [3.63, 3.8) is 0 Å². The molecule has 0 saturated heterocycles. The lowest BCUT2D eigenvalue weighted by Crippen LogP contribution is -2.20. The molecule has 0 fully saturated rings. The van der Waals surface area contributed by atoms with E-state index in [0.717, 1.165) is 14.8 Å². The van der Waals surface area contributed by atoms with Crippen molar-refractivity contribution in [2.45, 2.75) is 6.92 Å². The van der Waals surface area contributed by atoms with Crippen LogP contribution in [0.2, 0.25) is 0 Å². The van der Waals surface area contributed by atoms with Gasteiger partial charge in [0.2, 0.25) is 0 Å². The third-order valence-electron chi connectivity index (χ3n) is 2.71. The van der Waals surface area contributed by atoms with E-state index >= 15 is 0 Å². The highest BCUT2D eigenvalue weighted by Gasteiger charge is 2.06. The number of benzene rings is 2. The molecule has 4 nitrogen and oxygen atoms in total. The lowest BCUT2D eigenvalue weighted by Gasteiger charge is -2.10. The van der Waals surface area contributed by atoms with Gasteiger partial charge in [-0.2, -0.15) is 0 Å². The number of ether oxygens (including phenoxy) is 1. The molecule has 0 aromatic heterocycles. The Labute approximate surface area is 131 Å². The first-order chi connectivity index (χ1) is 9.54. The van der Waals surface area contributed by atoms with Gasteiger partial charge in [0.05, 0.1) is 0 Å². The molecule has 104 valence electrons. The number of nitrogens with two attached hydrogens (primary N) is 1. The lowest BCUT2D eigenvalue weighted by atomic mass is 10.2. The average Bonchev–Trinajstić information content (AvgIpc) is 2.41. The predicted molar refractivity (Wildman–Crippen MR) is 88.9 cm³/mol. The van der Waals surface area contributed by atoms with Crippen molar-refractivity contribution >= 4 is 39.9 Å². The van der Waals surface area contributed by atoms with Gasteiger partial charge in [-0.3, -0.25) is 4.79 Å². The number of nitrogens with one attached hydrogen (secondary N) is 1. The first-order valence-electron chi connectivity index (χ1n) is 6.09.